The summed E-state index contributed by atoms with van der Waals surface area (Å²) in [6.07, 6.45) is 5.20. The van der Waals surface area contributed by atoms with Crippen molar-refractivity contribution < 1.29 is 91.5 Å². The largest absolute Gasteiger partial charge is 0.540 e. The Labute approximate surface area is 428 Å². The van der Waals surface area contributed by atoms with Crippen LogP contribution in [-0.2, 0) is 67.5 Å². The van der Waals surface area contributed by atoms with Crippen LogP contribution in [0.5, 0.6) is 0 Å². The maximum atomic E-state index is 14.7. The molecule has 19 nitrogen and oxygen atoms in total. The minimum Gasteiger partial charge on any atom is -0.433 e. The first kappa shape index (κ1) is 60.7. The van der Waals surface area contributed by atoms with Crippen molar-refractivity contribution >= 4 is 30.8 Å². The monoisotopic (exact) mass is 1030 g/mol. The Kier molecular flexibility index (Phi) is 26.3. The Morgan fingerprint density at radius 2 is 0.556 bits per heavy atom. The highest BCUT2D eigenvalue weighted by Gasteiger charge is 2.58. The van der Waals surface area contributed by atoms with Crippen molar-refractivity contribution in [3.05, 3.63) is 0 Å². The number of hydrogen-bond acceptors (Lipinski definition) is 19. The van der Waals surface area contributed by atoms with Gasteiger partial charge >= 0.3 is 30.8 Å². The van der Waals surface area contributed by atoms with Gasteiger partial charge in [-0.25, -0.2) is 24.0 Å². The van der Waals surface area contributed by atoms with Gasteiger partial charge in [0, 0.05) is 0 Å². The minimum absolute atomic E-state index is 0.203. The zero-order valence-electron chi connectivity index (χ0n) is 45.2. The normalized spacial score (nSPS) is 21.1. The van der Waals surface area contributed by atoms with Gasteiger partial charge in [-0.2, -0.15) is 19.6 Å². The van der Waals surface area contributed by atoms with E-state index < -0.39 is 104 Å². The van der Waals surface area contributed by atoms with E-state index in [1.807, 2.05) is 13.8 Å². The molecule has 4 aliphatic carbocycles. The third-order valence-electron chi connectivity index (χ3n) is 14.9. The van der Waals surface area contributed by atoms with Crippen molar-refractivity contribution in [1.82, 2.24) is 0 Å². The van der Waals surface area contributed by atoms with Gasteiger partial charge in [-0.1, -0.05) is 90.9 Å². The highest BCUT2D eigenvalue weighted by Crippen LogP contribution is 2.50. The SMILES string of the molecule is CCC(COC(=O)OCC(CC)(C(OC(=O)OOC(C)C)C1CCCCC1)C(OC(=O)OOC(C)C)C1CCCCC1)(C(OC(=O)OOC(C)C)C1CCCCC1)C(OC(=O)OOC(C)C)C1CCCCC1. The van der Waals surface area contributed by atoms with Crippen molar-refractivity contribution in [1.29, 1.82) is 0 Å². The molecule has 72 heavy (non-hydrogen) atoms. The van der Waals surface area contributed by atoms with Crippen LogP contribution in [0.3, 0.4) is 0 Å². The molecule has 4 unspecified atom stereocenters. The van der Waals surface area contributed by atoms with E-state index >= 15 is 0 Å². The van der Waals surface area contributed by atoms with Crippen LogP contribution in [0.2, 0.25) is 0 Å². The molecule has 4 atom stereocenters. The van der Waals surface area contributed by atoms with Gasteiger partial charge in [-0.15, -0.1) is 0 Å². The van der Waals surface area contributed by atoms with E-state index in [2.05, 4.69) is 0 Å². The number of hydrogen-bond donors (Lipinski definition) is 0. The van der Waals surface area contributed by atoms with Gasteiger partial charge in [0.15, 0.2) is 0 Å². The van der Waals surface area contributed by atoms with Crippen LogP contribution in [0.1, 0.15) is 210 Å². The van der Waals surface area contributed by atoms with Crippen molar-refractivity contribution in [3.63, 3.8) is 0 Å². The quantitative estimate of drug-likeness (QED) is 0.0341. The van der Waals surface area contributed by atoms with E-state index in [9.17, 15) is 24.0 Å². The average Bonchev–Trinajstić information content (AvgIpc) is 3.38. The van der Waals surface area contributed by atoms with Gasteiger partial charge in [-0.05, 0) is 143 Å². The van der Waals surface area contributed by atoms with Gasteiger partial charge in [0.1, 0.15) is 37.6 Å². The first-order valence-electron chi connectivity index (χ1n) is 27.4. The molecule has 0 spiro atoms. The van der Waals surface area contributed by atoms with E-state index in [0.717, 1.165) is 77.0 Å². The standard InChI is InChI=1S/C53H90O19/c1-11-52(43(39-25-17-13-18-26-39)61-48(55)69-65-35(3)4,44(40-27-19-14-20-28-40)62-49(56)70-66-36(5)6)33-59-47(54)60-34-53(12-2,45(41-29-21-15-22-30-41)63-50(57)71-67-37(7)8)46(42-31-23-16-24-32-42)64-51(58)72-68-38(9)10/h35-46H,11-34H2,1-10H3. The van der Waals surface area contributed by atoms with E-state index in [-0.39, 0.29) is 36.5 Å². The van der Waals surface area contributed by atoms with Crippen LogP contribution in [0.15, 0.2) is 0 Å². The highest BCUT2D eigenvalue weighted by molar-refractivity contribution is 5.62. The molecule has 0 N–H and O–H groups in total. The van der Waals surface area contributed by atoms with Gasteiger partial charge in [-0.3, -0.25) is 19.6 Å². The van der Waals surface area contributed by atoms with Gasteiger partial charge in [0.25, 0.3) is 0 Å². The molecule has 4 rings (SSSR count). The molecule has 0 radical (unpaired) electrons. The smallest absolute Gasteiger partial charge is 0.433 e. The van der Waals surface area contributed by atoms with Crippen molar-refractivity contribution in [2.24, 2.45) is 34.5 Å². The molecule has 0 aromatic heterocycles. The molecule has 0 saturated heterocycles. The lowest BCUT2D eigenvalue weighted by Crippen LogP contribution is -2.58. The Bertz CT molecular complexity index is 1380. The summed E-state index contributed by atoms with van der Waals surface area (Å²) in [4.78, 5) is 111. The van der Waals surface area contributed by atoms with Gasteiger partial charge < -0.3 is 28.4 Å². The summed E-state index contributed by atoms with van der Waals surface area (Å²) in [5, 5.41) is 0. The number of carbonyl (C=O) groups excluding carboxylic acids is 5. The van der Waals surface area contributed by atoms with Crippen LogP contribution in [0.4, 0.5) is 24.0 Å². The summed E-state index contributed by atoms with van der Waals surface area (Å²) >= 11 is 0. The molecule has 0 aromatic carbocycles. The fourth-order valence-corrected chi connectivity index (χ4v) is 11.6. The number of rotatable bonds is 26. The summed E-state index contributed by atoms with van der Waals surface area (Å²) in [6, 6.07) is 0. The third-order valence-corrected chi connectivity index (χ3v) is 14.9. The fraction of sp³-hybridized carbons (Fsp3) is 0.906. The lowest BCUT2D eigenvalue weighted by atomic mass is 9.63. The Morgan fingerprint density at radius 3 is 0.736 bits per heavy atom. The summed E-state index contributed by atoms with van der Waals surface area (Å²) in [6.45, 7) is 16.6. The van der Waals surface area contributed by atoms with Crippen LogP contribution in [0, 0.1) is 34.5 Å². The summed E-state index contributed by atoms with van der Waals surface area (Å²) in [5.74, 6) is -1.02. The molecule has 0 amide bonds. The molecule has 4 saturated carbocycles. The van der Waals surface area contributed by atoms with Gasteiger partial charge in [0.05, 0.1) is 35.2 Å². The maximum Gasteiger partial charge on any atom is 0.540 e. The van der Waals surface area contributed by atoms with Crippen molar-refractivity contribution in [2.45, 2.75) is 259 Å². The third kappa shape index (κ3) is 18.8. The van der Waals surface area contributed by atoms with E-state index in [4.69, 9.17) is 67.5 Å². The molecule has 0 bridgehead atoms. The minimum atomic E-state index is -1.39. The molecule has 19 heteroatoms. The van der Waals surface area contributed by atoms with Gasteiger partial charge in [0.2, 0.25) is 0 Å². The predicted octanol–water partition coefficient (Wildman–Crippen LogP) is 13.7. The summed E-state index contributed by atoms with van der Waals surface area (Å²) < 4.78 is 37.9. The second kappa shape index (κ2) is 31.2. The lowest BCUT2D eigenvalue weighted by molar-refractivity contribution is -0.295. The molecule has 4 aliphatic rings. The van der Waals surface area contributed by atoms with Crippen LogP contribution >= 0.6 is 0 Å². The average molecular weight is 1030 g/mol. The molecule has 0 heterocycles. The molecule has 0 aliphatic heterocycles. The number of ether oxygens (including phenoxy) is 6. The second-order valence-corrected chi connectivity index (χ2v) is 21.7. The lowest BCUT2D eigenvalue weighted by Gasteiger charge is -2.50. The van der Waals surface area contributed by atoms with Crippen LogP contribution < -0.4 is 0 Å². The topological polar surface area (TPSA) is 215 Å². The second-order valence-electron chi connectivity index (χ2n) is 21.7. The molecular formula is C53H90O19. The Balaban J connectivity index is 1.84. The van der Waals surface area contributed by atoms with Crippen LogP contribution in [-0.4, -0.2) is 92.8 Å². The zero-order chi connectivity index (χ0) is 52.7. The maximum absolute atomic E-state index is 14.7. The highest BCUT2D eigenvalue weighted by atomic mass is 17.2. The predicted molar refractivity (Wildman–Crippen MR) is 259 cm³/mol. The molecule has 416 valence electrons. The Hall–Kier alpha value is -3.81. The summed E-state index contributed by atoms with van der Waals surface area (Å²) in [5.41, 5.74) is -2.78. The molecular weight excluding hydrogens is 941 g/mol. The fourth-order valence-electron chi connectivity index (χ4n) is 11.6. The van der Waals surface area contributed by atoms with Crippen LogP contribution in [0.25, 0.3) is 0 Å². The van der Waals surface area contributed by atoms with E-state index in [0.29, 0.717) is 51.4 Å². The van der Waals surface area contributed by atoms with E-state index in [1.54, 1.807) is 55.4 Å². The molecule has 4 fully saturated rings. The van der Waals surface area contributed by atoms with E-state index in [1.165, 1.54) is 0 Å². The molecule has 0 aromatic rings. The van der Waals surface area contributed by atoms with Crippen molar-refractivity contribution in [3.8, 4) is 0 Å². The first-order valence-corrected chi connectivity index (χ1v) is 27.4. The zero-order valence-corrected chi connectivity index (χ0v) is 45.2. The first-order chi connectivity index (χ1) is 34.4. The van der Waals surface area contributed by atoms with Crippen molar-refractivity contribution in [2.75, 3.05) is 13.2 Å². The Morgan fingerprint density at radius 1 is 0.347 bits per heavy atom. The summed E-state index contributed by atoms with van der Waals surface area (Å²) in [7, 11) is 0. The number of carbonyl (C=O) groups is 5.